The lowest BCUT2D eigenvalue weighted by Crippen LogP contribution is -2.33. The summed E-state index contributed by atoms with van der Waals surface area (Å²) in [6.07, 6.45) is -2.55. The van der Waals surface area contributed by atoms with Crippen molar-refractivity contribution in [3.63, 3.8) is 0 Å². The van der Waals surface area contributed by atoms with Gasteiger partial charge in [0.2, 0.25) is 0 Å². The largest absolute Gasteiger partial charge is 0.387 e. The van der Waals surface area contributed by atoms with E-state index in [9.17, 15) is 28.6 Å². The zero-order valence-electron chi connectivity index (χ0n) is 20.1. The van der Waals surface area contributed by atoms with E-state index in [1.165, 1.54) is 23.0 Å². The van der Waals surface area contributed by atoms with Crippen molar-refractivity contribution in [3.8, 4) is 0 Å². The van der Waals surface area contributed by atoms with Crippen molar-refractivity contribution in [2.75, 3.05) is 17.8 Å². The average Bonchev–Trinajstić information content (AvgIpc) is 3.47. The Morgan fingerprint density at radius 3 is 2.71 bits per heavy atom. The van der Waals surface area contributed by atoms with E-state index in [4.69, 9.17) is 19.0 Å². The van der Waals surface area contributed by atoms with Crippen LogP contribution in [0.25, 0.3) is 11.0 Å². The molecule has 38 heavy (non-hydrogen) atoms. The summed E-state index contributed by atoms with van der Waals surface area (Å²) in [7, 11) is -9.52. The molecule has 0 spiro atoms. The molecule has 1 aliphatic carbocycles. The molecule has 16 heteroatoms. The maximum absolute atomic E-state index is 13.6. The first-order valence-corrected chi connectivity index (χ1v) is 15.3. The summed E-state index contributed by atoms with van der Waals surface area (Å²) in [5, 5.41) is 29.5. The molecule has 13 nitrogen and oxygen atoms in total. The highest BCUT2D eigenvalue weighted by Gasteiger charge is 2.46. The van der Waals surface area contributed by atoms with Gasteiger partial charge in [0.05, 0.1) is 24.2 Å². The second kappa shape index (κ2) is 10.1. The van der Waals surface area contributed by atoms with Crippen LogP contribution in [0.5, 0.6) is 0 Å². The topological polar surface area (TPSA) is 196 Å². The Hall–Kier alpha value is -2.25. The van der Waals surface area contributed by atoms with E-state index < -0.39 is 52.2 Å². The highest BCUT2D eigenvalue weighted by molar-refractivity contribution is 7.70. The van der Waals surface area contributed by atoms with Crippen LogP contribution >= 0.6 is 15.2 Å². The molecule has 5 rings (SSSR count). The lowest BCUT2D eigenvalue weighted by atomic mass is 10.1. The predicted octanol–water partition coefficient (Wildman–Crippen LogP) is 1.93. The van der Waals surface area contributed by atoms with Gasteiger partial charge in [-0.25, -0.2) is 14.1 Å². The molecule has 6 N–H and O–H groups in total. The van der Waals surface area contributed by atoms with Crippen LogP contribution in [0, 0.1) is 12.7 Å². The first-order valence-electron chi connectivity index (χ1n) is 11.7. The molecule has 1 saturated heterocycles. The number of nitrogens with zero attached hydrogens (tertiary/aromatic N) is 3. The van der Waals surface area contributed by atoms with E-state index in [0.29, 0.717) is 22.4 Å². The number of halogens is 1. The Kier molecular flexibility index (Phi) is 7.23. The maximum atomic E-state index is 13.6. The SMILES string of the molecule is Cc1cc(N[C@@H]2CCc3cc(F)ccc32)c2cnn([C@@H]3O[C@H](COP(=O)(O)CP(=O)(O)O)[C@H](O)C3O)c2n1. The quantitative estimate of drug-likeness (QED) is 0.215. The summed E-state index contributed by atoms with van der Waals surface area (Å²) in [5.41, 5.74) is 3.63. The zero-order chi connectivity index (χ0) is 27.4. The molecule has 2 unspecified atom stereocenters. The van der Waals surface area contributed by atoms with Gasteiger partial charge in [0, 0.05) is 11.4 Å². The van der Waals surface area contributed by atoms with Crippen molar-refractivity contribution in [1.82, 2.24) is 14.8 Å². The van der Waals surface area contributed by atoms with Crippen molar-refractivity contribution in [1.29, 1.82) is 0 Å². The molecule has 6 atom stereocenters. The number of fused-ring (bicyclic) bond motifs is 2. The highest BCUT2D eigenvalue weighted by atomic mass is 31.2. The third kappa shape index (κ3) is 5.55. The molecular weight excluding hydrogens is 545 g/mol. The number of ether oxygens (including phenoxy) is 1. The van der Waals surface area contributed by atoms with Gasteiger partial charge in [-0.05, 0) is 49.1 Å². The Labute approximate surface area is 215 Å². The first-order chi connectivity index (χ1) is 17.8. The number of aliphatic hydroxyl groups excluding tert-OH is 2. The molecule has 0 saturated carbocycles. The Balaban J connectivity index is 1.37. The number of pyridine rings is 1. The Bertz CT molecular complexity index is 1460. The number of rotatable bonds is 8. The number of aryl methyl sites for hydroxylation is 2. The van der Waals surface area contributed by atoms with Crippen LogP contribution in [-0.4, -0.2) is 70.5 Å². The molecule has 1 aromatic carbocycles. The first kappa shape index (κ1) is 27.3. The van der Waals surface area contributed by atoms with Crippen LogP contribution in [0.15, 0.2) is 30.5 Å². The molecule has 1 fully saturated rings. The fourth-order valence-corrected chi connectivity index (χ4v) is 7.47. The molecule has 0 bridgehead atoms. The summed E-state index contributed by atoms with van der Waals surface area (Å²) >= 11 is 0. The van der Waals surface area contributed by atoms with Gasteiger partial charge in [0.25, 0.3) is 0 Å². The second-order valence-corrected chi connectivity index (χ2v) is 13.5. The van der Waals surface area contributed by atoms with E-state index in [1.54, 1.807) is 13.0 Å². The summed E-state index contributed by atoms with van der Waals surface area (Å²) in [5.74, 6) is -1.67. The summed E-state index contributed by atoms with van der Waals surface area (Å²) in [6.45, 7) is 1.07. The molecule has 3 heterocycles. The van der Waals surface area contributed by atoms with Crippen molar-refractivity contribution in [3.05, 3.63) is 53.1 Å². The van der Waals surface area contributed by atoms with Gasteiger partial charge < -0.3 is 39.5 Å². The van der Waals surface area contributed by atoms with Crippen molar-refractivity contribution in [2.45, 2.75) is 50.3 Å². The third-order valence-corrected chi connectivity index (χ3v) is 10.0. The van der Waals surface area contributed by atoms with Crippen LogP contribution in [0.3, 0.4) is 0 Å². The number of anilines is 1. The van der Waals surface area contributed by atoms with E-state index in [1.807, 2.05) is 6.07 Å². The standard InChI is InChI=1S/C22H27FN4O9P2/c1-11-6-17(26-16-5-2-12-7-13(23)3-4-14(12)16)15-8-24-27(21(15)25-11)22-20(29)19(28)18(36-22)9-35-38(33,34)10-37(30,31)32/h3-4,6-8,16,18-20,22,28-29H,2,5,9-10H2,1H3,(H,25,26)(H,33,34)(H2,30,31,32)/t16-,18-,19+,20?,22-/m1/s1. The van der Waals surface area contributed by atoms with Crippen LogP contribution in [0.2, 0.25) is 0 Å². The number of nitrogens with one attached hydrogen (secondary N) is 1. The third-order valence-electron chi connectivity index (χ3n) is 6.59. The minimum absolute atomic E-state index is 0.0575. The Morgan fingerprint density at radius 1 is 1.21 bits per heavy atom. The van der Waals surface area contributed by atoms with Crippen LogP contribution < -0.4 is 5.32 Å². The van der Waals surface area contributed by atoms with Crippen LogP contribution in [0.1, 0.15) is 35.5 Å². The van der Waals surface area contributed by atoms with E-state index in [2.05, 4.69) is 15.4 Å². The molecule has 0 amide bonds. The van der Waals surface area contributed by atoms with Gasteiger partial charge in [-0.15, -0.1) is 0 Å². The average molecular weight is 572 g/mol. The van der Waals surface area contributed by atoms with Gasteiger partial charge in [0.15, 0.2) is 17.8 Å². The van der Waals surface area contributed by atoms with Crippen molar-refractivity contribution >= 4 is 31.9 Å². The molecular formula is C22H27FN4O9P2. The smallest absolute Gasteiger partial charge is 0.340 e. The van der Waals surface area contributed by atoms with E-state index in [-0.39, 0.29) is 11.9 Å². The maximum Gasteiger partial charge on any atom is 0.340 e. The molecule has 0 radical (unpaired) electrons. The number of aliphatic hydroxyl groups is 2. The molecule has 3 aromatic rings. The molecule has 206 valence electrons. The lowest BCUT2D eigenvalue weighted by molar-refractivity contribution is -0.0541. The van der Waals surface area contributed by atoms with Crippen LogP contribution in [0.4, 0.5) is 10.1 Å². The summed E-state index contributed by atoms with van der Waals surface area (Å²) in [4.78, 5) is 32.1. The fourth-order valence-electron chi connectivity index (χ4n) is 4.90. The Morgan fingerprint density at radius 2 is 1.97 bits per heavy atom. The van der Waals surface area contributed by atoms with Crippen molar-refractivity contribution < 1.29 is 47.7 Å². The van der Waals surface area contributed by atoms with E-state index in [0.717, 1.165) is 24.0 Å². The van der Waals surface area contributed by atoms with Gasteiger partial charge in [-0.2, -0.15) is 5.10 Å². The fraction of sp³-hybridized carbons (Fsp3) is 0.455. The minimum Gasteiger partial charge on any atom is -0.387 e. The predicted molar refractivity (Wildman–Crippen MR) is 132 cm³/mol. The zero-order valence-corrected chi connectivity index (χ0v) is 21.9. The second-order valence-electron chi connectivity index (χ2n) is 9.50. The van der Waals surface area contributed by atoms with Crippen LogP contribution in [-0.2, 0) is 24.8 Å². The van der Waals surface area contributed by atoms with E-state index >= 15 is 0 Å². The number of hydrogen-bond acceptors (Lipinski definition) is 9. The summed E-state index contributed by atoms with van der Waals surface area (Å²) in [6, 6.07) is 6.51. The number of aromatic nitrogens is 3. The highest BCUT2D eigenvalue weighted by Crippen LogP contribution is 2.55. The summed E-state index contributed by atoms with van der Waals surface area (Å²) < 4.78 is 48.4. The monoisotopic (exact) mass is 572 g/mol. The van der Waals surface area contributed by atoms with Gasteiger partial charge >= 0.3 is 15.2 Å². The minimum atomic E-state index is -4.83. The normalized spacial score (nSPS) is 27.0. The number of hydrogen-bond donors (Lipinski definition) is 6. The van der Waals surface area contributed by atoms with Gasteiger partial charge in [-0.3, -0.25) is 9.13 Å². The molecule has 2 aliphatic rings. The lowest BCUT2D eigenvalue weighted by Gasteiger charge is -2.19. The molecule has 1 aliphatic heterocycles. The van der Waals surface area contributed by atoms with Gasteiger partial charge in [0.1, 0.15) is 24.1 Å². The number of benzene rings is 1. The van der Waals surface area contributed by atoms with Gasteiger partial charge in [-0.1, -0.05) is 6.07 Å². The molecule has 2 aromatic heterocycles. The van der Waals surface area contributed by atoms with Crippen molar-refractivity contribution in [2.24, 2.45) is 0 Å².